The van der Waals surface area contributed by atoms with Crippen LogP contribution in [0.2, 0.25) is 5.02 Å². The summed E-state index contributed by atoms with van der Waals surface area (Å²) in [5.41, 5.74) is 2.56. The van der Waals surface area contributed by atoms with Gasteiger partial charge in [-0.2, -0.15) is 0 Å². The van der Waals surface area contributed by atoms with Crippen LogP contribution in [0.3, 0.4) is 0 Å². The van der Waals surface area contributed by atoms with Crippen LogP contribution in [-0.2, 0) is 27.3 Å². The van der Waals surface area contributed by atoms with Crippen LogP contribution in [0.15, 0.2) is 42.5 Å². The highest BCUT2D eigenvalue weighted by molar-refractivity contribution is 6.30. The zero-order valence-corrected chi connectivity index (χ0v) is 18.0. The second-order valence-electron chi connectivity index (χ2n) is 7.73. The average molecular weight is 444 g/mol. The van der Waals surface area contributed by atoms with Crippen molar-refractivity contribution < 1.29 is 19.1 Å². The van der Waals surface area contributed by atoms with E-state index in [0.29, 0.717) is 30.2 Å². The molecule has 1 fully saturated rings. The number of carbonyl (C=O) groups excluding carboxylic acids is 2. The van der Waals surface area contributed by atoms with Gasteiger partial charge in [-0.25, -0.2) is 0 Å². The predicted octanol–water partition coefficient (Wildman–Crippen LogP) is 2.62. The minimum absolute atomic E-state index is 0.0246. The number of carbonyl (C=O) groups is 2. The van der Waals surface area contributed by atoms with E-state index in [-0.39, 0.29) is 11.8 Å². The Morgan fingerprint density at radius 1 is 1.13 bits per heavy atom. The summed E-state index contributed by atoms with van der Waals surface area (Å²) in [7, 11) is 0. The molecule has 0 spiro atoms. The van der Waals surface area contributed by atoms with E-state index in [1.165, 1.54) is 0 Å². The lowest BCUT2D eigenvalue weighted by molar-refractivity contribution is -0.127. The summed E-state index contributed by atoms with van der Waals surface area (Å²) in [6.45, 7) is 4.26. The van der Waals surface area contributed by atoms with Gasteiger partial charge in [-0.05, 0) is 41.5 Å². The molecule has 2 heterocycles. The number of benzene rings is 2. The van der Waals surface area contributed by atoms with Gasteiger partial charge in [0.1, 0.15) is 5.75 Å². The lowest BCUT2D eigenvalue weighted by atomic mass is 10.1. The molecule has 2 aliphatic rings. The molecule has 1 atom stereocenters. The molecule has 0 aromatic heterocycles. The molecule has 2 aliphatic heterocycles. The lowest BCUT2D eigenvalue weighted by Crippen LogP contribution is -2.38. The number of nitrogens with one attached hydrogen (secondary N) is 2. The van der Waals surface area contributed by atoms with Crippen LogP contribution in [0.1, 0.15) is 17.5 Å². The molecule has 164 valence electrons. The Morgan fingerprint density at radius 2 is 1.97 bits per heavy atom. The Bertz CT molecular complexity index is 946. The number of morpholine rings is 1. The number of anilines is 1. The highest BCUT2D eigenvalue weighted by Crippen LogP contribution is 2.31. The van der Waals surface area contributed by atoms with Crippen LogP contribution >= 0.6 is 11.6 Å². The monoisotopic (exact) mass is 443 g/mol. The molecule has 2 amide bonds. The number of hydrogen-bond acceptors (Lipinski definition) is 5. The highest BCUT2D eigenvalue weighted by Gasteiger charge is 2.29. The van der Waals surface area contributed by atoms with E-state index in [0.717, 1.165) is 49.7 Å². The lowest BCUT2D eigenvalue weighted by Gasteiger charge is -2.26. The molecule has 0 radical (unpaired) electrons. The molecule has 0 bridgehead atoms. The smallest absolute Gasteiger partial charge is 0.261 e. The molecular weight excluding hydrogens is 418 g/mol. The van der Waals surface area contributed by atoms with Gasteiger partial charge in [0, 0.05) is 49.7 Å². The average Bonchev–Trinajstić information content (AvgIpc) is 3.20. The molecule has 2 aromatic rings. The van der Waals surface area contributed by atoms with Crippen molar-refractivity contribution in [3.05, 3.63) is 58.6 Å². The number of ether oxygens (including phenoxy) is 2. The van der Waals surface area contributed by atoms with Crippen molar-refractivity contribution in [1.82, 2.24) is 10.2 Å². The van der Waals surface area contributed by atoms with Gasteiger partial charge >= 0.3 is 0 Å². The second-order valence-corrected chi connectivity index (χ2v) is 8.17. The largest absolute Gasteiger partial charge is 0.480 e. The summed E-state index contributed by atoms with van der Waals surface area (Å²) in [4.78, 5) is 27.0. The van der Waals surface area contributed by atoms with Gasteiger partial charge in [0.15, 0.2) is 6.10 Å². The van der Waals surface area contributed by atoms with Gasteiger partial charge < -0.3 is 20.1 Å². The third kappa shape index (κ3) is 5.97. The van der Waals surface area contributed by atoms with Crippen molar-refractivity contribution in [2.45, 2.75) is 25.5 Å². The summed E-state index contributed by atoms with van der Waals surface area (Å²) in [5.74, 6) is 0.502. The highest BCUT2D eigenvalue weighted by atomic mass is 35.5. The first-order chi connectivity index (χ1) is 15.1. The number of halogens is 1. The molecule has 4 rings (SSSR count). The molecule has 1 saturated heterocycles. The Morgan fingerprint density at radius 3 is 2.81 bits per heavy atom. The van der Waals surface area contributed by atoms with Crippen LogP contribution in [0.4, 0.5) is 5.69 Å². The van der Waals surface area contributed by atoms with Crippen molar-refractivity contribution >= 4 is 29.1 Å². The molecule has 8 heteroatoms. The van der Waals surface area contributed by atoms with E-state index in [1.54, 1.807) is 12.1 Å². The topological polar surface area (TPSA) is 79.9 Å². The second kappa shape index (κ2) is 10.1. The SMILES string of the molecule is O=C(CCN1CCOCC1)Nc1cccc(CNC(=O)C2Cc3cc(Cl)ccc3O2)c1. The first-order valence-electron chi connectivity index (χ1n) is 10.5. The summed E-state index contributed by atoms with van der Waals surface area (Å²) in [5, 5.41) is 6.48. The van der Waals surface area contributed by atoms with E-state index in [1.807, 2.05) is 30.3 Å². The summed E-state index contributed by atoms with van der Waals surface area (Å²) < 4.78 is 11.0. The van der Waals surface area contributed by atoms with E-state index in [4.69, 9.17) is 21.1 Å². The van der Waals surface area contributed by atoms with Crippen molar-refractivity contribution in [3.8, 4) is 5.75 Å². The number of amides is 2. The van der Waals surface area contributed by atoms with Crippen molar-refractivity contribution in [2.75, 3.05) is 38.2 Å². The number of hydrogen-bond donors (Lipinski definition) is 2. The molecule has 2 N–H and O–H groups in total. The van der Waals surface area contributed by atoms with Gasteiger partial charge in [0.05, 0.1) is 13.2 Å². The molecular formula is C23H26ClN3O4. The minimum atomic E-state index is -0.559. The number of fused-ring (bicyclic) bond motifs is 1. The molecule has 0 aliphatic carbocycles. The molecule has 31 heavy (non-hydrogen) atoms. The van der Waals surface area contributed by atoms with E-state index >= 15 is 0 Å². The molecule has 0 saturated carbocycles. The van der Waals surface area contributed by atoms with Crippen LogP contribution in [0.5, 0.6) is 5.75 Å². The quantitative estimate of drug-likeness (QED) is 0.687. The minimum Gasteiger partial charge on any atom is -0.480 e. The van der Waals surface area contributed by atoms with Gasteiger partial charge in [0.25, 0.3) is 5.91 Å². The fourth-order valence-corrected chi connectivity index (χ4v) is 3.93. The number of nitrogens with zero attached hydrogens (tertiary/aromatic N) is 1. The maximum absolute atomic E-state index is 12.5. The third-order valence-electron chi connectivity index (χ3n) is 5.43. The van der Waals surface area contributed by atoms with E-state index in [9.17, 15) is 9.59 Å². The molecule has 2 aromatic carbocycles. The van der Waals surface area contributed by atoms with Gasteiger partial charge in [-0.1, -0.05) is 23.7 Å². The first-order valence-corrected chi connectivity index (χ1v) is 10.9. The van der Waals surface area contributed by atoms with Crippen LogP contribution < -0.4 is 15.4 Å². The molecule has 7 nitrogen and oxygen atoms in total. The zero-order chi connectivity index (χ0) is 21.6. The third-order valence-corrected chi connectivity index (χ3v) is 5.66. The maximum atomic E-state index is 12.5. The summed E-state index contributed by atoms with van der Waals surface area (Å²) in [6.07, 6.45) is 0.377. The van der Waals surface area contributed by atoms with Crippen LogP contribution in [0, 0.1) is 0 Å². The standard InChI is InChI=1S/C23H26ClN3O4/c24-18-4-5-20-17(13-18)14-21(31-20)23(29)25-15-16-2-1-3-19(12-16)26-22(28)6-7-27-8-10-30-11-9-27/h1-5,12-13,21H,6-11,14-15H2,(H,25,29)(H,26,28). The van der Waals surface area contributed by atoms with Crippen molar-refractivity contribution in [2.24, 2.45) is 0 Å². The molecule has 1 unspecified atom stereocenters. The Balaban J connectivity index is 1.24. The first kappa shape index (κ1) is 21.6. The fraction of sp³-hybridized carbons (Fsp3) is 0.391. The van der Waals surface area contributed by atoms with E-state index in [2.05, 4.69) is 15.5 Å². The predicted molar refractivity (Wildman–Crippen MR) is 118 cm³/mol. The Hall–Kier alpha value is -2.61. The maximum Gasteiger partial charge on any atom is 0.261 e. The van der Waals surface area contributed by atoms with Gasteiger partial charge in [0.2, 0.25) is 5.91 Å². The van der Waals surface area contributed by atoms with Gasteiger partial charge in [-0.15, -0.1) is 0 Å². The van der Waals surface area contributed by atoms with Gasteiger partial charge in [-0.3, -0.25) is 14.5 Å². The van der Waals surface area contributed by atoms with Crippen molar-refractivity contribution in [1.29, 1.82) is 0 Å². The zero-order valence-electron chi connectivity index (χ0n) is 17.2. The van der Waals surface area contributed by atoms with Crippen LogP contribution in [0.25, 0.3) is 0 Å². The van der Waals surface area contributed by atoms with Crippen molar-refractivity contribution in [3.63, 3.8) is 0 Å². The summed E-state index contributed by atoms with van der Waals surface area (Å²) in [6, 6.07) is 12.9. The Kier molecular flexibility index (Phi) is 7.06. The Labute approximate surface area is 186 Å². The normalized spacial score (nSPS) is 18.2. The van der Waals surface area contributed by atoms with Crippen LogP contribution in [-0.4, -0.2) is 55.7 Å². The fourth-order valence-electron chi connectivity index (χ4n) is 3.73. The number of rotatable bonds is 7. The summed E-state index contributed by atoms with van der Waals surface area (Å²) >= 11 is 6.01. The van der Waals surface area contributed by atoms with E-state index < -0.39 is 6.10 Å².